The van der Waals surface area contributed by atoms with Crippen LogP contribution in [0.2, 0.25) is 0 Å². The van der Waals surface area contributed by atoms with Gasteiger partial charge in [0.15, 0.2) is 0 Å². The van der Waals surface area contributed by atoms with Gasteiger partial charge >= 0.3 is 21.1 Å². The van der Waals surface area contributed by atoms with Crippen molar-refractivity contribution in [3.63, 3.8) is 0 Å². The summed E-state index contributed by atoms with van der Waals surface area (Å²) in [6.07, 6.45) is 6.43. The molecule has 0 atom stereocenters. The van der Waals surface area contributed by atoms with Crippen LogP contribution in [0.5, 0.6) is 0 Å². The van der Waals surface area contributed by atoms with Crippen LogP contribution in [-0.2, 0) is 31.9 Å². The summed E-state index contributed by atoms with van der Waals surface area (Å²) in [7, 11) is 0. The van der Waals surface area contributed by atoms with Crippen LogP contribution in [0, 0.1) is 0 Å². The average Bonchev–Trinajstić information content (AvgIpc) is 3.40. The van der Waals surface area contributed by atoms with Gasteiger partial charge in [-0.1, -0.05) is 65.1 Å². The third-order valence-corrected chi connectivity index (χ3v) is 4.30. The van der Waals surface area contributed by atoms with E-state index in [2.05, 4.69) is 81.9 Å². The third kappa shape index (κ3) is 6.62. The summed E-state index contributed by atoms with van der Waals surface area (Å²) in [5.74, 6) is 0. The predicted molar refractivity (Wildman–Crippen MR) is 115 cm³/mol. The maximum atomic E-state index is 4.15. The van der Waals surface area contributed by atoms with Gasteiger partial charge in [-0.15, -0.1) is 0 Å². The number of hydrogen-bond donors (Lipinski definition) is 0. The molecule has 31 heavy (non-hydrogen) atoms. The van der Waals surface area contributed by atoms with E-state index in [-0.39, 0.29) is 31.9 Å². The van der Waals surface area contributed by atoms with Crippen molar-refractivity contribution < 1.29 is 21.1 Å². The number of nitrogens with zero attached hydrogens (tertiary/aromatic N) is 8. The van der Waals surface area contributed by atoms with Gasteiger partial charge in [0.1, 0.15) is 12.7 Å². The molecule has 4 rings (SSSR count). The van der Waals surface area contributed by atoms with Gasteiger partial charge in [-0.05, 0) is 12.1 Å². The molecular formula is C22H26N8Pt. The van der Waals surface area contributed by atoms with Crippen molar-refractivity contribution in [2.24, 2.45) is 0 Å². The minimum atomic E-state index is 0. The number of aromatic nitrogens is 8. The summed E-state index contributed by atoms with van der Waals surface area (Å²) in [4.78, 5) is 16.0. The van der Waals surface area contributed by atoms with Crippen LogP contribution < -0.4 is 10.2 Å². The smallest absolute Gasteiger partial charge is 0.573 e. The van der Waals surface area contributed by atoms with Crippen molar-refractivity contribution in [3.8, 4) is 22.8 Å². The topological polar surface area (TPSA) is 106 Å². The minimum Gasteiger partial charge on any atom is -0.573 e. The second-order valence-corrected chi connectivity index (χ2v) is 8.92. The van der Waals surface area contributed by atoms with Crippen LogP contribution in [0.25, 0.3) is 22.8 Å². The summed E-state index contributed by atoms with van der Waals surface area (Å²) < 4.78 is 0. The Balaban J connectivity index is 0.000000213. The molecule has 0 aliphatic heterocycles. The Hall–Kier alpha value is -2.73. The third-order valence-electron chi connectivity index (χ3n) is 4.30. The molecule has 0 amide bonds. The van der Waals surface area contributed by atoms with E-state index in [9.17, 15) is 0 Å². The summed E-state index contributed by atoms with van der Waals surface area (Å²) in [5, 5.41) is 16.5. The van der Waals surface area contributed by atoms with E-state index in [0.29, 0.717) is 0 Å². The molecule has 0 saturated carbocycles. The van der Waals surface area contributed by atoms with Crippen molar-refractivity contribution in [2.45, 2.75) is 52.4 Å². The summed E-state index contributed by atoms with van der Waals surface area (Å²) in [6, 6.07) is 7.61. The fourth-order valence-corrected chi connectivity index (χ4v) is 2.46. The average molecular weight is 598 g/mol. The van der Waals surface area contributed by atoms with Crippen molar-refractivity contribution in [1.82, 2.24) is 40.3 Å². The van der Waals surface area contributed by atoms with Gasteiger partial charge in [0.25, 0.3) is 0 Å². The number of hydrogen-bond acceptors (Lipinski definition) is 6. The zero-order valence-electron chi connectivity index (χ0n) is 18.5. The molecule has 0 unspecified atom stereocenters. The largest absolute Gasteiger partial charge is 2.00 e. The molecule has 0 aliphatic rings. The van der Waals surface area contributed by atoms with E-state index in [1.807, 2.05) is 24.3 Å². The van der Waals surface area contributed by atoms with E-state index < -0.39 is 0 Å². The molecular weight excluding hydrogens is 571 g/mol. The molecule has 0 radical (unpaired) electrons. The fourth-order valence-electron chi connectivity index (χ4n) is 2.46. The molecule has 0 N–H and O–H groups in total. The van der Waals surface area contributed by atoms with Gasteiger partial charge in [0.05, 0.1) is 11.4 Å². The monoisotopic (exact) mass is 597 g/mol. The molecule has 0 spiro atoms. The second kappa shape index (κ2) is 10.1. The molecule has 4 aromatic heterocycles. The van der Waals surface area contributed by atoms with E-state index in [1.165, 1.54) is 12.7 Å². The van der Waals surface area contributed by atoms with Crippen LogP contribution in [0.4, 0.5) is 0 Å². The molecule has 164 valence electrons. The van der Waals surface area contributed by atoms with E-state index in [4.69, 9.17) is 0 Å². The van der Waals surface area contributed by atoms with E-state index in [0.717, 1.165) is 34.2 Å². The SMILES string of the molecule is CC(C)(C)c1cc(-c2ccncn2)[n-]n1.CC(C)(C)c1cc(-c2ccncn2)[n-]n1.[Pt+2]. The second-order valence-electron chi connectivity index (χ2n) is 8.92. The van der Waals surface area contributed by atoms with Gasteiger partial charge in [-0.2, -0.15) is 0 Å². The zero-order valence-corrected chi connectivity index (χ0v) is 20.8. The first-order valence-corrected chi connectivity index (χ1v) is 9.69. The Labute approximate surface area is 197 Å². The summed E-state index contributed by atoms with van der Waals surface area (Å²) in [6.45, 7) is 12.7. The first kappa shape index (κ1) is 24.5. The Bertz CT molecular complexity index is 972. The Kier molecular flexibility index (Phi) is 7.96. The first-order chi connectivity index (χ1) is 14.1. The predicted octanol–water partition coefficient (Wildman–Crippen LogP) is 3.58. The number of rotatable bonds is 2. The Morgan fingerprint density at radius 1 is 0.645 bits per heavy atom. The van der Waals surface area contributed by atoms with Gasteiger partial charge in [-0.25, -0.2) is 19.9 Å². The molecule has 0 aliphatic carbocycles. The normalized spacial score (nSPS) is 11.3. The zero-order chi connectivity index (χ0) is 21.8. The molecule has 4 aromatic rings. The van der Waals surface area contributed by atoms with Crippen LogP contribution in [0.1, 0.15) is 52.9 Å². The first-order valence-electron chi connectivity index (χ1n) is 9.69. The van der Waals surface area contributed by atoms with E-state index >= 15 is 0 Å². The molecule has 4 heterocycles. The Morgan fingerprint density at radius 3 is 1.29 bits per heavy atom. The molecule has 0 fully saturated rings. The van der Waals surface area contributed by atoms with Crippen LogP contribution >= 0.6 is 0 Å². The summed E-state index contributed by atoms with van der Waals surface area (Å²) in [5.41, 5.74) is 5.26. The quantitative estimate of drug-likeness (QED) is 0.346. The van der Waals surface area contributed by atoms with Crippen molar-refractivity contribution in [1.29, 1.82) is 0 Å². The van der Waals surface area contributed by atoms with Gasteiger partial charge in [0.2, 0.25) is 0 Å². The maximum Gasteiger partial charge on any atom is 2.00 e. The standard InChI is InChI=1S/2C11H13N4.Pt/c2*1-11(2,3)10-6-9(14-15-10)8-4-5-12-7-13-8;/h2*4-7H,1-3H3;/q2*-1;+2. The van der Waals surface area contributed by atoms with Crippen LogP contribution in [0.3, 0.4) is 0 Å². The van der Waals surface area contributed by atoms with Crippen molar-refractivity contribution >= 4 is 0 Å². The Morgan fingerprint density at radius 2 is 1.03 bits per heavy atom. The molecule has 8 nitrogen and oxygen atoms in total. The van der Waals surface area contributed by atoms with Crippen LogP contribution in [-0.4, -0.2) is 30.1 Å². The van der Waals surface area contributed by atoms with Crippen molar-refractivity contribution in [3.05, 3.63) is 60.7 Å². The molecule has 0 saturated heterocycles. The van der Waals surface area contributed by atoms with E-state index in [1.54, 1.807) is 12.4 Å². The molecule has 0 aromatic carbocycles. The van der Waals surface area contributed by atoms with Gasteiger partial charge < -0.3 is 20.4 Å². The van der Waals surface area contributed by atoms with Crippen molar-refractivity contribution in [2.75, 3.05) is 0 Å². The molecule has 9 heteroatoms. The molecule has 0 bridgehead atoms. The summed E-state index contributed by atoms with van der Waals surface area (Å²) >= 11 is 0. The fraction of sp³-hybridized carbons (Fsp3) is 0.364. The maximum absolute atomic E-state index is 4.15. The van der Waals surface area contributed by atoms with Gasteiger partial charge in [-0.3, -0.25) is 0 Å². The van der Waals surface area contributed by atoms with Gasteiger partial charge in [0, 0.05) is 34.6 Å². The van der Waals surface area contributed by atoms with Crippen LogP contribution in [0.15, 0.2) is 49.3 Å². The minimum absolute atomic E-state index is 0.